The molecule has 38 nitrogen and oxygen atoms in total. The summed E-state index contributed by atoms with van der Waals surface area (Å²) in [4.78, 5) is 40.0. The van der Waals surface area contributed by atoms with Crippen LogP contribution in [0.3, 0.4) is 0 Å². The van der Waals surface area contributed by atoms with Gasteiger partial charge in [-0.1, -0.05) is 0 Å². The predicted molar refractivity (Wildman–Crippen MR) is 302 cm³/mol. The predicted octanol–water partition coefficient (Wildman–Crippen LogP) is 5.33. The van der Waals surface area contributed by atoms with Gasteiger partial charge in [-0.15, -0.1) is 20.5 Å². The summed E-state index contributed by atoms with van der Waals surface area (Å²) in [6, 6.07) is 8.31. The van der Waals surface area contributed by atoms with Crippen LogP contribution in [0.5, 0.6) is 0 Å². The average Bonchev–Trinajstić information content (AvgIpc) is 0.773. The number of hydrogen-bond donors (Lipinski definition) is 14. The van der Waals surface area contributed by atoms with Crippen LogP contribution in [0.4, 0.5) is 87.7 Å². The molecule has 1 atom stereocenters. The normalized spacial score (nSPS) is 13.0. The van der Waals surface area contributed by atoms with Crippen LogP contribution in [0.25, 0.3) is 21.5 Å². The lowest BCUT2D eigenvalue weighted by Gasteiger charge is -2.16. The highest BCUT2D eigenvalue weighted by atomic mass is 32.2. The molecule has 6 aromatic carbocycles. The van der Waals surface area contributed by atoms with Gasteiger partial charge in [0.2, 0.25) is 23.8 Å². The van der Waals surface area contributed by atoms with E-state index < -0.39 is 177 Å². The molecule has 0 bridgehead atoms. The fourth-order valence-electron chi connectivity index (χ4n) is 7.74. The molecule has 46 heteroatoms. The van der Waals surface area contributed by atoms with Gasteiger partial charge in [-0.2, -0.15) is 89.2 Å². The van der Waals surface area contributed by atoms with Crippen molar-refractivity contribution in [2.24, 2.45) is 31.9 Å². The van der Waals surface area contributed by atoms with E-state index in [1.807, 2.05) is 0 Å². The minimum absolute atomic E-state index is 0.0151. The second-order valence-electron chi connectivity index (χ2n) is 17.8. The number of aromatic nitrogens is 6. The third-order valence-corrected chi connectivity index (χ3v) is 16.6. The quantitative estimate of drug-likeness (QED) is 0.0319. The first-order chi connectivity index (χ1) is 41.2. The van der Waals surface area contributed by atoms with E-state index in [0.29, 0.717) is 48.5 Å². The van der Waals surface area contributed by atoms with Gasteiger partial charge >= 0.3 is 24.2 Å². The van der Waals surface area contributed by atoms with Gasteiger partial charge in [0.15, 0.2) is 0 Å². The molecule has 0 aliphatic carbocycles. The van der Waals surface area contributed by atoms with Crippen molar-refractivity contribution in [3.8, 4) is 0 Å². The molecule has 8 aromatic rings. The second kappa shape index (κ2) is 24.4. The first-order valence-corrected chi connectivity index (χ1v) is 32.0. The van der Waals surface area contributed by atoms with Crippen molar-refractivity contribution >= 4 is 164 Å². The fourth-order valence-corrected chi connectivity index (χ4v) is 11.7. The Kier molecular flexibility index (Phi) is 17.8. The van der Waals surface area contributed by atoms with E-state index in [0.717, 1.165) is 24.3 Å². The van der Waals surface area contributed by atoms with Gasteiger partial charge in [0.1, 0.15) is 42.3 Å². The Bertz CT molecular complexity index is 5100. The van der Waals surface area contributed by atoms with Gasteiger partial charge in [-0.05, 0) is 103 Å². The molecule has 0 fully saturated rings. The Labute approximate surface area is 497 Å². The van der Waals surface area contributed by atoms with Crippen molar-refractivity contribution in [3.63, 3.8) is 0 Å². The molecule has 2 heterocycles. The Morgan fingerprint density at radius 2 is 0.820 bits per heavy atom. The maximum Gasteiger partial charge on any atom is 0.316 e. The summed E-state index contributed by atoms with van der Waals surface area (Å²) >= 11 is 0. The number of anilines is 8. The zero-order valence-corrected chi connectivity index (χ0v) is 48.5. The van der Waals surface area contributed by atoms with Gasteiger partial charge in [0, 0.05) is 34.7 Å². The van der Waals surface area contributed by atoms with Gasteiger partial charge < -0.3 is 43.4 Å². The molecule has 468 valence electrons. The van der Waals surface area contributed by atoms with Crippen molar-refractivity contribution in [3.05, 3.63) is 97.1 Å². The van der Waals surface area contributed by atoms with E-state index >= 15 is 0 Å². The van der Waals surface area contributed by atoms with E-state index in [-0.39, 0.29) is 40.7 Å². The molecule has 0 aliphatic rings. The molecule has 4 amide bonds. The minimum atomic E-state index is -5.29. The number of nitrogens with one attached hydrogen (secondary N) is 6. The van der Waals surface area contributed by atoms with Crippen molar-refractivity contribution in [2.75, 3.05) is 38.4 Å². The Morgan fingerprint density at radius 3 is 1.19 bits per heavy atom. The van der Waals surface area contributed by atoms with Gasteiger partial charge in [0.25, 0.3) is 60.7 Å². The molecule has 0 saturated heterocycles. The number of halogens is 2. The first-order valence-electron chi connectivity index (χ1n) is 23.4. The third kappa shape index (κ3) is 16.2. The number of azo groups is 2. The monoisotopic (exact) mass is 1350 g/mol. The van der Waals surface area contributed by atoms with Crippen molar-refractivity contribution < 1.29 is 96.2 Å². The summed E-state index contributed by atoms with van der Waals surface area (Å²) in [5, 5.41) is 28.2. The molecule has 0 aliphatic heterocycles. The number of nitrogens with zero attached hydrogens (tertiary/aromatic N) is 10. The lowest BCUT2D eigenvalue weighted by molar-refractivity contribution is 0.258. The molecular formula is C43H36F2N18O20S6. The average molecular weight is 1360 g/mol. The molecule has 0 spiro atoms. The summed E-state index contributed by atoms with van der Waals surface area (Å²) < 4.78 is 235. The SMILES string of the molecule is CC(CNc1nc(F)nc(Nc2ccc(N=Nc3cc4c(S(=O)(=O)O)cc(S(=O)(=O)O)cc4cc3S(=O)(=O)O)c(NC(N)=O)c2)n1)Nc1nc(F)nc(Nc2ccc(N=Nc3cc4c(S(=O)(=O)O)cc(S(=O)(=O)O)cc4cc3S(=O)(=O)O)c(NC(N)=O)c2)n1. The van der Waals surface area contributed by atoms with E-state index in [1.165, 1.54) is 19.1 Å². The summed E-state index contributed by atoms with van der Waals surface area (Å²) in [6.07, 6.45) is -2.67. The zero-order chi connectivity index (χ0) is 65.5. The Morgan fingerprint density at radius 1 is 0.461 bits per heavy atom. The Balaban J connectivity index is 0.978. The van der Waals surface area contributed by atoms with E-state index in [2.05, 4.69) is 82.3 Å². The van der Waals surface area contributed by atoms with Crippen LogP contribution in [0.2, 0.25) is 0 Å². The van der Waals surface area contributed by atoms with Gasteiger partial charge in [0.05, 0.1) is 21.2 Å². The number of urea groups is 2. The summed E-state index contributed by atoms with van der Waals surface area (Å²) in [6.45, 7) is 1.34. The molecule has 89 heavy (non-hydrogen) atoms. The van der Waals surface area contributed by atoms with Crippen LogP contribution in [0.15, 0.2) is 135 Å². The van der Waals surface area contributed by atoms with E-state index in [9.17, 15) is 96.2 Å². The van der Waals surface area contributed by atoms with E-state index in [1.54, 1.807) is 0 Å². The molecule has 8 rings (SSSR count). The number of fused-ring (bicyclic) bond motifs is 2. The lowest BCUT2D eigenvalue weighted by Crippen LogP contribution is -2.27. The second-order valence-corrected chi connectivity index (χ2v) is 26.2. The summed E-state index contributed by atoms with van der Waals surface area (Å²) in [5.74, 6) is -1.71. The molecule has 0 saturated carbocycles. The van der Waals surface area contributed by atoms with Crippen LogP contribution in [-0.2, 0) is 60.7 Å². The molecule has 16 N–H and O–H groups in total. The fraction of sp³-hybridized carbons (Fsp3) is 0.0698. The maximum atomic E-state index is 14.9. The Hall–Kier alpha value is -9.88. The molecule has 1 unspecified atom stereocenters. The number of benzene rings is 6. The number of hydrogen-bond acceptors (Lipinski definition) is 28. The number of carbonyl (C=O) groups excluding carboxylic acids is 2. The maximum absolute atomic E-state index is 14.9. The summed E-state index contributed by atoms with van der Waals surface area (Å²) in [7, 11) is -31.4. The third-order valence-electron chi connectivity index (χ3n) is 11.4. The van der Waals surface area contributed by atoms with E-state index in [4.69, 9.17) is 11.5 Å². The number of primary amides is 2. The van der Waals surface area contributed by atoms with Crippen molar-refractivity contribution in [1.82, 2.24) is 29.9 Å². The highest BCUT2D eigenvalue weighted by molar-refractivity contribution is 7.87. The summed E-state index contributed by atoms with van der Waals surface area (Å²) in [5.41, 5.74) is 7.87. The standard InChI is InChI=1S/C43H36F2N18O20S6/c1-17(49-41-55-37(45)57-43(59-41)51-21-3-5-27(29(11-21)53-39(47)65)61-63-31-15-25-19(9-35(31)89(81,82)83)7-23(85(69,70)71)13-33(25)87(75,76)77)16-48-40-54-36(44)56-42(58-40)50-20-2-4-26(28(10-20)52-38(46)64)60-62-30-14-24-18(8-34(30)88(78,79)80)6-22(84(66,67)68)12-32(24)86(72,73)74/h2-15,17H,16H2,1H3,(H3,46,52,64)(H3,47,53,65)(H,66,67,68)(H,69,70,71)(H,72,73,74)(H,75,76,77)(H,78,79,80)(H,81,82,83)(H2,48,50,54,56,58)(H2,49,51,55,57,59). The molecular weight excluding hydrogens is 1320 g/mol. The number of nitrogens with two attached hydrogens (primary N) is 2. The van der Waals surface area contributed by atoms with Gasteiger partial charge in [-0.3, -0.25) is 27.3 Å². The zero-order valence-electron chi connectivity index (χ0n) is 43.6. The van der Waals surface area contributed by atoms with Gasteiger partial charge in [-0.25, -0.2) is 9.59 Å². The molecule has 2 aromatic heterocycles. The highest BCUT2D eigenvalue weighted by Crippen LogP contribution is 2.40. The van der Waals surface area contributed by atoms with Crippen LogP contribution in [0, 0.1) is 12.2 Å². The van der Waals surface area contributed by atoms with Crippen LogP contribution < -0.4 is 43.4 Å². The van der Waals surface area contributed by atoms with Crippen molar-refractivity contribution in [2.45, 2.75) is 42.3 Å². The number of rotatable bonds is 21. The van der Waals surface area contributed by atoms with Crippen LogP contribution >= 0.6 is 0 Å². The largest absolute Gasteiger partial charge is 0.352 e. The number of amides is 4. The van der Waals surface area contributed by atoms with Crippen LogP contribution in [-0.4, -0.2) is 132 Å². The lowest BCUT2D eigenvalue weighted by atomic mass is 10.1. The minimum Gasteiger partial charge on any atom is -0.352 e. The highest BCUT2D eigenvalue weighted by Gasteiger charge is 2.27. The number of carbonyl (C=O) groups is 2. The molecule has 0 radical (unpaired) electrons. The smallest absolute Gasteiger partial charge is 0.316 e. The van der Waals surface area contributed by atoms with Crippen molar-refractivity contribution in [1.29, 1.82) is 0 Å². The van der Waals surface area contributed by atoms with Crippen LogP contribution in [0.1, 0.15) is 6.92 Å². The first kappa shape index (κ1) is 65.1. The topological polar surface area (TPSA) is 611 Å².